The highest BCUT2D eigenvalue weighted by Crippen LogP contribution is 2.02. The zero-order valence-corrected chi connectivity index (χ0v) is 6.86. The summed E-state index contributed by atoms with van der Waals surface area (Å²) in [6.07, 6.45) is 2.40. The van der Waals surface area contributed by atoms with Crippen LogP contribution in [0.5, 0.6) is 0 Å². The fourth-order valence-corrected chi connectivity index (χ4v) is 0.996. The Bertz CT molecular complexity index is 262. The lowest BCUT2D eigenvalue weighted by atomic mass is 10.1. The molecule has 0 fully saturated rings. The Balaban J connectivity index is 2.43. The van der Waals surface area contributed by atoms with Crippen LogP contribution in [0.4, 0.5) is 0 Å². The monoisotopic (exact) mass is 159 g/mol. The third-order valence-electron chi connectivity index (χ3n) is 1.69. The van der Waals surface area contributed by atoms with E-state index in [9.17, 15) is 4.79 Å². The second-order valence-corrected chi connectivity index (χ2v) is 2.62. The Morgan fingerprint density at radius 1 is 1.33 bits per heavy atom. The minimum atomic E-state index is -0.00106. The molecule has 0 aliphatic carbocycles. The van der Waals surface area contributed by atoms with Gasteiger partial charge in [0.25, 0.3) is 0 Å². The van der Waals surface area contributed by atoms with Crippen LogP contribution in [0.25, 0.3) is 0 Å². The first-order valence-electron chi connectivity index (χ1n) is 3.94. The Kier molecular flexibility index (Phi) is 3.27. The number of carbonyl (C=O) groups excluding carboxylic acids is 1. The predicted molar refractivity (Wildman–Crippen MR) is 48.6 cm³/mol. The Morgan fingerprint density at radius 2 is 2.00 bits per heavy atom. The summed E-state index contributed by atoms with van der Waals surface area (Å²) in [5.41, 5.74) is 1.17. The molecule has 0 heterocycles. The largest absolute Gasteiger partial charge is 0.295 e. The molecule has 1 nitrogen and oxygen atoms in total. The van der Waals surface area contributed by atoms with Gasteiger partial charge in [0.1, 0.15) is 0 Å². The molecular weight excluding hydrogens is 148 g/mol. The molecular formula is C11H11O. The predicted octanol–water partition coefficient (Wildman–Crippen LogP) is 2.18. The highest BCUT2D eigenvalue weighted by molar-refractivity contribution is 5.88. The molecule has 1 heteroatoms. The third-order valence-corrected chi connectivity index (χ3v) is 1.69. The smallest absolute Gasteiger partial charge is 0.156 e. The van der Waals surface area contributed by atoms with Crippen LogP contribution in [-0.4, -0.2) is 5.78 Å². The van der Waals surface area contributed by atoms with Crippen LogP contribution < -0.4 is 0 Å². The molecule has 0 atom stereocenters. The summed E-state index contributed by atoms with van der Waals surface area (Å²) in [5.74, 6) is -0.00106. The zero-order chi connectivity index (χ0) is 8.81. The summed E-state index contributed by atoms with van der Waals surface area (Å²) < 4.78 is 0. The van der Waals surface area contributed by atoms with Crippen molar-refractivity contribution in [3.05, 3.63) is 48.6 Å². The van der Waals surface area contributed by atoms with Gasteiger partial charge in [-0.15, -0.1) is 0 Å². The molecule has 1 radical (unpaired) electrons. The van der Waals surface area contributed by atoms with Gasteiger partial charge in [-0.05, 0) is 18.1 Å². The van der Waals surface area contributed by atoms with Crippen LogP contribution in [0, 0.1) is 6.58 Å². The van der Waals surface area contributed by atoms with Gasteiger partial charge in [-0.3, -0.25) is 4.79 Å². The van der Waals surface area contributed by atoms with Crippen molar-refractivity contribution in [1.82, 2.24) is 0 Å². The van der Waals surface area contributed by atoms with Gasteiger partial charge in [0, 0.05) is 6.42 Å². The van der Waals surface area contributed by atoms with Gasteiger partial charge < -0.3 is 0 Å². The van der Waals surface area contributed by atoms with E-state index in [1.54, 1.807) is 0 Å². The van der Waals surface area contributed by atoms with Gasteiger partial charge in [0.2, 0.25) is 0 Å². The number of aryl methyl sites for hydroxylation is 1. The summed E-state index contributed by atoms with van der Waals surface area (Å²) in [6, 6.07) is 9.89. The standard InChI is InChI=1S/C11H11O/c1-2-11(12)9-8-10-6-4-3-5-7-10/h1-7H,8-9H2. The maximum Gasteiger partial charge on any atom is 0.156 e. The van der Waals surface area contributed by atoms with E-state index in [1.807, 2.05) is 30.3 Å². The van der Waals surface area contributed by atoms with Crippen LogP contribution >= 0.6 is 0 Å². The van der Waals surface area contributed by atoms with Crippen molar-refractivity contribution in [1.29, 1.82) is 0 Å². The van der Waals surface area contributed by atoms with Crippen molar-refractivity contribution in [3.63, 3.8) is 0 Å². The molecule has 1 aromatic carbocycles. The molecule has 0 bridgehead atoms. The number of rotatable bonds is 4. The van der Waals surface area contributed by atoms with Crippen molar-refractivity contribution in [2.45, 2.75) is 12.8 Å². The SMILES string of the molecule is [CH]=CC(=O)CCc1ccccc1. The Hall–Kier alpha value is -1.37. The number of hydrogen-bond acceptors (Lipinski definition) is 1. The number of ketones is 1. The molecule has 0 saturated carbocycles. The van der Waals surface area contributed by atoms with E-state index < -0.39 is 0 Å². The van der Waals surface area contributed by atoms with Crippen molar-refractivity contribution in [3.8, 4) is 0 Å². The van der Waals surface area contributed by atoms with Gasteiger partial charge in [-0.2, -0.15) is 0 Å². The summed E-state index contributed by atoms with van der Waals surface area (Å²) in [7, 11) is 0. The molecule has 0 spiro atoms. The molecule has 61 valence electrons. The first-order chi connectivity index (χ1) is 5.83. The van der Waals surface area contributed by atoms with E-state index in [-0.39, 0.29) is 5.78 Å². The van der Waals surface area contributed by atoms with Crippen LogP contribution in [-0.2, 0) is 11.2 Å². The van der Waals surface area contributed by atoms with E-state index in [2.05, 4.69) is 0 Å². The van der Waals surface area contributed by atoms with Crippen molar-refractivity contribution >= 4 is 5.78 Å². The van der Waals surface area contributed by atoms with E-state index >= 15 is 0 Å². The van der Waals surface area contributed by atoms with Gasteiger partial charge >= 0.3 is 0 Å². The number of hydrogen-bond donors (Lipinski definition) is 0. The fraction of sp³-hybridized carbons (Fsp3) is 0.182. The molecule has 12 heavy (non-hydrogen) atoms. The third kappa shape index (κ3) is 2.70. The Morgan fingerprint density at radius 3 is 2.58 bits per heavy atom. The Labute approximate surface area is 72.7 Å². The average molecular weight is 159 g/mol. The lowest BCUT2D eigenvalue weighted by Crippen LogP contribution is -1.94. The van der Waals surface area contributed by atoms with Crippen LogP contribution in [0.2, 0.25) is 0 Å². The summed E-state index contributed by atoms with van der Waals surface area (Å²) in [5, 5.41) is 0. The highest BCUT2D eigenvalue weighted by Gasteiger charge is 1.96. The second-order valence-electron chi connectivity index (χ2n) is 2.62. The lowest BCUT2D eigenvalue weighted by Gasteiger charge is -1.96. The molecule has 1 aromatic rings. The summed E-state index contributed by atoms with van der Waals surface area (Å²) in [4.78, 5) is 10.8. The van der Waals surface area contributed by atoms with E-state index in [1.165, 1.54) is 5.56 Å². The van der Waals surface area contributed by atoms with E-state index in [0.717, 1.165) is 12.5 Å². The minimum Gasteiger partial charge on any atom is -0.295 e. The van der Waals surface area contributed by atoms with Gasteiger partial charge in [-0.1, -0.05) is 36.9 Å². The van der Waals surface area contributed by atoms with Crippen LogP contribution in [0.3, 0.4) is 0 Å². The topological polar surface area (TPSA) is 17.1 Å². The molecule has 0 amide bonds. The highest BCUT2D eigenvalue weighted by atomic mass is 16.1. The zero-order valence-electron chi connectivity index (χ0n) is 6.86. The van der Waals surface area contributed by atoms with Crippen molar-refractivity contribution < 1.29 is 4.79 Å². The van der Waals surface area contributed by atoms with Gasteiger partial charge in [-0.25, -0.2) is 0 Å². The molecule has 0 aromatic heterocycles. The van der Waals surface area contributed by atoms with Gasteiger partial charge in [0.15, 0.2) is 5.78 Å². The summed E-state index contributed by atoms with van der Waals surface area (Å²) in [6.45, 7) is 5.06. The molecule has 0 saturated heterocycles. The molecule has 0 aliphatic rings. The second kappa shape index (κ2) is 4.50. The average Bonchev–Trinajstić information content (AvgIpc) is 2.16. The molecule has 0 N–H and O–H groups in total. The lowest BCUT2D eigenvalue weighted by molar-refractivity contribution is -0.114. The first kappa shape index (κ1) is 8.72. The van der Waals surface area contributed by atoms with Crippen molar-refractivity contribution in [2.24, 2.45) is 0 Å². The number of carbonyl (C=O) groups is 1. The summed E-state index contributed by atoms with van der Waals surface area (Å²) >= 11 is 0. The quantitative estimate of drug-likeness (QED) is 0.615. The normalized spacial score (nSPS) is 9.33. The fourth-order valence-electron chi connectivity index (χ4n) is 0.996. The molecule has 0 unspecified atom stereocenters. The maximum absolute atomic E-state index is 10.8. The molecule has 1 rings (SSSR count). The maximum atomic E-state index is 10.8. The van der Waals surface area contributed by atoms with Gasteiger partial charge in [0.05, 0.1) is 0 Å². The van der Waals surface area contributed by atoms with Crippen molar-refractivity contribution in [2.75, 3.05) is 0 Å². The number of allylic oxidation sites excluding steroid dienone is 1. The first-order valence-corrected chi connectivity index (χ1v) is 3.94. The van der Waals surface area contributed by atoms with E-state index in [4.69, 9.17) is 6.58 Å². The number of benzene rings is 1. The molecule has 0 aliphatic heterocycles. The van der Waals surface area contributed by atoms with Crippen LogP contribution in [0.1, 0.15) is 12.0 Å². The van der Waals surface area contributed by atoms with E-state index in [0.29, 0.717) is 6.42 Å². The van der Waals surface area contributed by atoms with Crippen LogP contribution in [0.15, 0.2) is 36.4 Å². The minimum absolute atomic E-state index is 0.00106.